The maximum atomic E-state index is 3.64. The lowest BCUT2D eigenvalue weighted by Gasteiger charge is -2.23. The fourth-order valence-corrected chi connectivity index (χ4v) is 8.03. The van der Waals surface area contributed by atoms with Crippen molar-refractivity contribution in [3.05, 3.63) is 230 Å². The molecule has 274 valence electrons. The Labute approximate surface area is 335 Å². The van der Waals surface area contributed by atoms with E-state index in [4.69, 9.17) is 0 Å². The molecular weight excluding hydrogens is 689 g/mol. The van der Waals surface area contributed by atoms with Crippen LogP contribution in [0.1, 0.15) is 25.0 Å². The zero-order valence-electron chi connectivity index (χ0n) is 32.3. The summed E-state index contributed by atoms with van der Waals surface area (Å²) in [5.74, 6) is 0. The largest absolute Gasteiger partial charge is 0.355 e. The minimum absolute atomic E-state index is 0.0905. The first-order valence-corrected chi connectivity index (χ1v) is 19.7. The van der Waals surface area contributed by atoms with Crippen molar-refractivity contribution in [3.63, 3.8) is 0 Å². The maximum Gasteiger partial charge on any atom is 0.0390 e. The van der Waals surface area contributed by atoms with Gasteiger partial charge in [-0.1, -0.05) is 184 Å². The molecule has 0 heterocycles. The standard InChI is InChI=1S/C35H28N2.2C10H8/c1-35(2)33-21-29(36-27-13-11-23-7-3-5-9-25(23)19-27)15-17-31(33)32-18-16-30(22-34(32)35)37-28-14-12-24-8-4-6-10-26(24)20-28;2*1-2-6-10-8-4-3-7-9(10)5-1/h3-22,36-37H,1-2H3;2*1-8H. The van der Waals surface area contributed by atoms with Crippen LogP contribution in [0.3, 0.4) is 0 Å². The minimum Gasteiger partial charge on any atom is -0.355 e. The Bertz CT molecular complexity index is 2680. The van der Waals surface area contributed by atoms with Crippen molar-refractivity contribution in [2.75, 3.05) is 10.6 Å². The molecule has 0 spiro atoms. The lowest BCUT2D eigenvalue weighted by Crippen LogP contribution is -2.15. The molecule has 57 heavy (non-hydrogen) atoms. The highest BCUT2D eigenvalue weighted by Gasteiger charge is 2.35. The molecule has 0 aliphatic heterocycles. The van der Waals surface area contributed by atoms with Crippen molar-refractivity contribution in [3.8, 4) is 11.1 Å². The van der Waals surface area contributed by atoms with Crippen molar-refractivity contribution in [2.45, 2.75) is 19.3 Å². The first-order chi connectivity index (χ1) is 28.0. The zero-order valence-corrected chi connectivity index (χ0v) is 32.3. The molecule has 0 fully saturated rings. The lowest BCUT2D eigenvalue weighted by molar-refractivity contribution is 0.661. The zero-order chi connectivity index (χ0) is 38.6. The van der Waals surface area contributed by atoms with E-state index in [2.05, 4.69) is 243 Å². The van der Waals surface area contributed by atoms with Crippen LogP contribution < -0.4 is 10.6 Å². The van der Waals surface area contributed by atoms with Gasteiger partial charge in [0.05, 0.1) is 0 Å². The highest BCUT2D eigenvalue weighted by atomic mass is 14.9. The van der Waals surface area contributed by atoms with E-state index in [0.29, 0.717) is 0 Å². The van der Waals surface area contributed by atoms with Gasteiger partial charge in [0.2, 0.25) is 0 Å². The molecule has 11 rings (SSSR count). The Morgan fingerprint density at radius 1 is 0.263 bits per heavy atom. The molecule has 2 nitrogen and oxygen atoms in total. The summed E-state index contributed by atoms with van der Waals surface area (Å²) >= 11 is 0. The van der Waals surface area contributed by atoms with Crippen LogP contribution in [0.25, 0.3) is 54.2 Å². The molecule has 1 aliphatic rings. The van der Waals surface area contributed by atoms with Crippen molar-refractivity contribution in [2.24, 2.45) is 0 Å². The maximum absolute atomic E-state index is 3.64. The van der Waals surface area contributed by atoms with Crippen molar-refractivity contribution < 1.29 is 0 Å². The minimum atomic E-state index is -0.0905. The van der Waals surface area contributed by atoms with E-state index in [1.54, 1.807) is 0 Å². The smallest absolute Gasteiger partial charge is 0.0390 e. The second kappa shape index (κ2) is 15.5. The Morgan fingerprint density at radius 3 is 0.825 bits per heavy atom. The lowest BCUT2D eigenvalue weighted by atomic mass is 9.82. The summed E-state index contributed by atoms with van der Waals surface area (Å²) < 4.78 is 0. The van der Waals surface area contributed by atoms with Gasteiger partial charge in [0.25, 0.3) is 0 Å². The number of nitrogens with one attached hydrogen (secondary N) is 2. The summed E-state index contributed by atoms with van der Waals surface area (Å²) in [7, 11) is 0. The van der Waals surface area contributed by atoms with Crippen LogP contribution >= 0.6 is 0 Å². The summed E-state index contributed by atoms with van der Waals surface area (Å²) in [6.07, 6.45) is 0. The van der Waals surface area contributed by atoms with Crippen molar-refractivity contribution >= 4 is 65.8 Å². The van der Waals surface area contributed by atoms with Crippen LogP contribution in [0.4, 0.5) is 22.7 Å². The number of rotatable bonds is 4. The molecule has 0 atom stereocenters. The van der Waals surface area contributed by atoms with Gasteiger partial charge in [0.1, 0.15) is 0 Å². The van der Waals surface area contributed by atoms with Crippen LogP contribution in [-0.2, 0) is 5.41 Å². The van der Waals surface area contributed by atoms with E-state index in [1.165, 1.54) is 65.3 Å². The predicted octanol–water partition coefficient (Wildman–Crippen LogP) is 15.5. The number of benzene rings is 10. The highest BCUT2D eigenvalue weighted by molar-refractivity contribution is 5.90. The highest BCUT2D eigenvalue weighted by Crippen LogP contribution is 2.50. The van der Waals surface area contributed by atoms with E-state index in [0.717, 1.165) is 22.7 Å². The Kier molecular flexibility index (Phi) is 9.68. The van der Waals surface area contributed by atoms with E-state index in [-0.39, 0.29) is 5.41 Å². The molecule has 1 aliphatic carbocycles. The van der Waals surface area contributed by atoms with Gasteiger partial charge in [-0.2, -0.15) is 0 Å². The van der Waals surface area contributed by atoms with E-state index < -0.39 is 0 Å². The van der Waals surface area contributed by atoms with Crippen molar-refractivity contribution in [1.82, 2.24) is 0 Å². The molecule has 10 aromatic carbocycles. The molecule has 0 saturated heterocycles. The van der Waals surface area contributed by atoms with Gasteiger partial charge in [-0.15, -0.1) is 0 Å². The summed E-state index contributed by atoms with van der Waals surface area (Å²) in [5.41, 5.74) is 9.71. The topological polar surface area (TPSA) is 24.1 Å². The van der Waals surface area contributed by atoms with Gasteiger partial charge < -0.3 is 10.6 Å². The average Bonchev–Trinajstić information content (AvgIpc) is 3.48. The van der Waals surface area contributed by atoms with Crippen LogP contribution in [-0.4, -0.2) is 0 Å². The molecule has 0 saturated carbocycles. The van der Waals surface area contributed by atoms with E-state index in [9.17, 15) is 0 Å². The van der Waals surface area contributed by atoms with Gasteiger partial charge in [0.15, 0.2) is 0 Å². The molecule has 0 radical (unpaired) electrons. The quantitative estimate of drug-likeness (QED) is 0.188. The SMILES string of the molecule is CC1(C)c2cc(Nc3ccc4ccccc4c3)ccc2-c2ccc(Nc3ccc4ccccc4c3)cc21.c1ccc2ccccc2c1.c1ccc2ccccc2c1. The molecular formula is C55H44N2. The monoisotopic (exact) mass is 732 g/mol. The summed E-state index contributed by atoms with van der Waals surface area (Å²) in [4.78, 5) is 0. The molecule has 2 N–H and O–H groups in total. The van der Waals surface area contributed by atoms with Gasteiger partial charge >= 0.3 is 0 Å². The number of hydrogen-bond donors (Lipinski definition) is 2. The first kappa shape index (κ1) is 35.5. The van der Waals surface area contributed by atoms with Crippen LogP contribution in [0.5, 0.6) is 0 Å². The molecule has 0 bridgehead atoms. The van der Waals surface area contributed by atoms with Gasteiger partial charge in [-0.05, 0) is 114 Å². The Balaban J connectivity index is 0.000000170. The van der Waals surface area contributed by atoms with Crippen LogP contribution in [0.2, 0.25) is 0 Å². The normalized spacial score (nSPS) is 12.2. The fourth-order valence-electron chi connectivity index (χ4n) is 8.03. The average molecular weight is 733 g/mol. The molecule has 0 unspecified atom stereocenters. The molecule has 10 aromatic rings. The van der Waals surface area contributed by atoms with Gasteiger partial charge in [0, 0.05) is 28.2 Å². The molecule has 0 aromatic heterocycles. The third kappa shape index (κ3) is 7.59. The molecule has 0 amide bonds. The van der Waals surface area contributed by atoms with Crippen LogP contribution in [0, 0.1) is 0 Å². The van der Waals surface area contributed by atoms with Crippen LogP contribution in [0.15, 0.2) is 218 Å². The Hall–Kier alpha value is -7.16. The fraction of sp³-hybridized carbons (Fsp3) is 0.0545. The van der Waals surface area contributed by atoms with Gasteiger partial charge in [-0.25, -0.2) is 0 Å². The predicted molar refractivity (Wildman–Crippen MR) is 246 cm³/mol. The van der Waals surface area contributed by atoms with Gasteiger partial charge in [-0.3, -0.25) is 0 Å². The third-order valence-corrected chi connectivity index (χ3v) is 11.1. The number of anilines is 4. The molecule has 2 heteroatoms. The number of fused-ring (bicyclic) bond motifs is 7. The summed E-state index contributed by atoms with van der Waals surface area (Å²) in [6, 6.07) is 77.0. The number of hydrogen-bond acceptors (Lipinski definition) is 2. The first-order valence-electron chi connectivity index (χ1n) is 19.7. The summed E-state index contributed by atoms with van der Waals surface area (Å²) in [6.45, 7) is 4.66. The Morgan fingerprint density at radius 2 is 0.509 bits per heavy atom. The third-order valence-electron chi connectivity index (χ3n) is 11.1. The summed E-state index contributed by atoms with van der Waals surface area (Å²) in [5, 5.41) is 17.5. The van der Waals surface area contributed by atoms with E-state index in [1.807, 2.05) is 0 Å². The van der Waals surface area contributed by atoms with Crippen molar-refractivity contribution in [1.29, 1.82) is 0 Å². The second-order valence-electron chi connectivity index (χ2n) is 15.2. The van der Waals surface area contributed by atoms with E-state index >= 15 is 0 Å². The second-order valence-corrected chi connectivity index (χ2v) is 15.2.